The minimum absolute atomic E-state index is 0. The molecule has 0 aliphatic heterocycles. The highest BCUT2D eigenvalue weighted by Gasteiger charge is 2.29. The van der Waals surface area contributed by atoms with Crippen molar-refractivity contribution in [1.82, 2.24) is 0 Å². The van der Waals surface area contributed by atoms with Gasteiger partial charge in [0.1, 0.15) is 0 Å². The molecular formula is C23H56O8Si2. The summed E-state index contributed by atoms with van der Waals surface area (Å²) in [5.41, 5.74) is 0. The average molecular weight is 517 g/mol. The fourth-order valence-electron chi connectivity index (χ4n) is 2.36. The van der Waals surface area contributed by atoms with Crippen LogP contribution in [0.1, 0.15) is 41.5 Å². The van der Waals surface area contributed by atoms with E-state index in [4.69, 9.17) is 36.7 Å². The molecule has 0 N–H and O–H groups in total. The van der Waals surface area contributed by atoms with Crippen LogP contribution < -0.4 is 0 Å². The van der Waals surface area contributed by atoms with E-state index in [1.807, 2.05) is 34.2 Å². The maximum atomic E-state index is 5.73. The topological polar surface area (TPSA) is 73.8 Å². The summed E-state index contributed by atoms with van der Waals surface area (Å²) in [6.07, 6.45) is 2.71. The molecule has 0 bridgehead atoms. The van der Waals surface area contributed by atoms with Crippen LogP contribution in [0.15, 0.2) is 12.7 Å². The van der Waals surface area contributed by atoms with Gasteiger partial charge < -0.3 is 36.7 Å². The van der Waals surface area contributed by atoms with Crippen LogP contribution in [0.3, 0.4) is 0 Å². The Labute approximate surface area is 208 Å². The number of hydrogen-bond acceptors (Lipinski definition) is 8. The zero-order chi connectivity index (χ0) is 24.9. The largest absolute Gasteiger partial charge is 0.397 e. The molecule has 0 aromatic rings. The first kappa shape index (κ1) is 40.0. The van der Waals surface area contributed by atoms with Gasteiger partial charge in [0.05, 0.1) is 33.0 Å². The van der Waals surface area contributed by atoms with Crippen LogP contribution in [0.5, 0.6) is 0 Å². The van der Waals surface area contributed by atoms with Gasteiger partial charge in [0.15, 0.2) is 0 Å². The highest BCUT2D eigenvalue weighted by molar-refractivity contribution is 6.66. The van der Waals surface area contributed by atoms with Gasteiger partial charge in [-0.1, -0.05) is 13.5 Å². The second kappa shape index (κ2) is 34.0. The SMILES string of the molecule is C.C=CCOCCOC.CCO[SiH](C)OCC.CCO[Si](C)(CCCOCCOC)OCC. The fourth-order valence-corrected chi connectivity index (χ4v) is 5.78. The van der Waals surface area contributed by atoms with Crippen molar-refractivity contribution in [3.8, 4) is 0 Å². The van der Waals surface area contributed by atoms with Crippen LogP contribution in [0.25, 0.3) is 0 Å². The van der Waals surface area contributed by atoms with E-state index in [2.05, 4.69) is 13.1 Å². The van der Waals surface area contributed by atoms with Crippen molar-refractivity contribution in [1.29, 1.82) is 0 Å². The van der Waals surface area contributed by atoms with Crippen LogP contribution in [-0.4, -0.2) is 98.1 Å². The van der Waals surface area contributed by atoms with E-state index in [1.54, 1.807) is 20.3 Å². The molecule has 0 fully saturated rings. The molecule has 204 valence electrons. The van der Waals surface area contributed by atoms with Crippen LogP contribution in [0.4, 0.5) is 0 Å². The number of rotatable bonds is 20. The van der Waals surface area contributed by atoms with E-state index in [0.717, 1.165) is 45.5 Å². The fraction of sp³-hybridized carbons (Fsp3) is 0.913. The number of hydrogen-bond donors (Lipinski definition) is 0. The van der Waals surface area contributed by atoms with Gasteiger partial charge in [-0.2, -0.15) is 0 Å². The first-order chi connectivity index (χ1) is 15.4. The molecule has 0 aliphatic carbocycles. The molecule has 33 heavy (non-hydrogen) atoms. The molecule has 0 saturated carbocycles. The molecule has 0 amide bonds. The van der Waals surface area contributed by atoms with Crippen molar-refractivity contribution in [2.75, 3.05) is 80.3 Å². The summed E-state index contributed by atoms with van der Waals surface area (Å²) >= 11 is 0. The van der Waals surface area contributed by atoms with E-state index in [1.165, 1.54) is 0 Å². The van der Waals surface area contributed by atoms with Crippen molar-refractivity contribution in [3.63, 3.8) is 0 Å². The molecule has 0 saturated heterocycles. The zero-order valence-electron chi connectivity index (χ0n) is 22.1. The molecule has 0 unspecified atom stereocenters. The Kier molecular flexibility index (Phi) is 41.3. The standard InChI is InChI=1S/C11H26O4Si.C6H12O2.C5H14O2Si.CH4/c1-5-14-16(4,15-6-2)11-7-8-13-10-9-12-3;1-3-4-8-6-5-7-2;1-4-6-8(3)7-5-2;/h5-11H2,1-4H3;3H,1,4-6H2,2H3;8H,4-5H2,1-3H3;1H4. The Balaban J connectivity index is -0.000000209. The summed E-state index contributed by atoms with van der Waals surface area (Å²) in [4.78, 5) is 0. The zero-order valence-corrected chi connectivity index (χ0v) is 24.3. The molecule has 0 spiro atoms. The Morgan fingerprint density at radius 3 is 1.64 bits per heavy atom. The molecule has 0 radical (unpaired) electrons. The second-order valence-corrected chi connectivity index (χ2v) is 11.7. The molecular weight excluding hydrogens is 460 g/mol. The molecule has 10 heteroatoms. The molecule has 8 nitrogen and oxygen atoms in total. The lowest BCUT2D eigenvalue weighted by Crippen LogP contribution is -2.38. The van der Waals surface area contributed by atoms with E-state index < -0.39 is 17.8 Å². The van der Waals surface area contributed by atoms with Crippen molar-refractivity contribution in [3.05, 3.63) is 12.7 Å². The van der Waals surface area contributed by atoms with Crippen LogP contribution in [0.2, 0.25) is 19.1 Å². The van der Waals surface area contributed by atoms with Crippen molar-refractivity contribution in [2.24, 2.45) is 0 Å². The second-order valence-electron chi connectivity index (χ2n) is 6.54. The molecule has 0 atom stereocenters. The molecule has 0 aromatic carbocycles. The minimum atomic E-state index is -1.93. The maximum Gasteiger partial charge on any atom is 0.334 e. The van der Waals surface area contributed by atoms with Crippen LogP contribution >= 0.6 is 0 Å². The number of methoxy groups -OCH3 is 2. The average Bonchev–Trinajstić information content (AvgIpc) is 2.75. The third kappa shape index (κ3) is 36.6. The summed E-state index contributed by atoms with van der Waals surface area (Å²) in [6, 6.07) is 0.988. The molecule has 0 aliphatic rings. The summed E-state index contributed by atoms with van der Waals surface area (Å²) in [7, 11) is 0.197. The van der Waals surface area contributed by atoms with E-state index in [9.17, 15) is 0 Å². The van der Waals surface area contributed by atoms with Gasteiger partial charge in [0.25, 0.3) is 0 Å². The quantitative estimate of drug-likeness (QED) is 0.132. The predicted octanol–water partition coefficient (Wildman–Crippen LogP) is 4.57. The molecule has 0 aromatic heterocycles. The normalized spacial score (nSPS) is 10.6. The third-order valence-electron chi connectivity index (χ3n) is 3.72. The van der Waals surface area contributed by atoms with Gasteiger partial charge in [-0.3, -0.25) is 0 Å². The molecule has 0 rings (SSSR count). The van der Waals surface area contributed by atoms with Gasteiger partial charge in [-0.15, -0.1) is 6.58 Å². The van der Waals surface area contributed by atoms with Gasteiger partial charge in [-0.05, 0) is 53.3 Å². The van der Waals surface area contributed by atoms with Crippen LogP contribution in [-0.2, 0) is 36.7 Å². The van der Waals surface area contributed by atoms with Crippen molar-refractivity contribution < 1.29 is 36.7 Å². The van der Waals surface area contributed by atoms with Gasteiger partial charge >= 0.3 is 17.8 Å². The van der Waals surface area contributed by atoms with Crippen molar-refractivity contribution in [2.45, 2.75) is 60.7 Å². The summed E-state index contributed by atoms with van der Waals surface area (Å²) in [6.45, 7) is 22.7. The summed E-state index contributed by atoms with van der Waals surface area (Å²) in [5, 5.41) is 0. The first-order valence-electron chi connectivity index (χ1n) is 11.7. The van der Waals surface area contributed by atoms with Crippen LogP contribution in [0, 0.1) is 0 Å². The van der Waals surface area contributed by atoms with Gasteiger partial charge in [-0.25, -0.2) is 0 Å². The monoisotopic (exact) mass is 516 g/mol. The Morgan fingerprint density at radius 2 is 1.24 bits per heavy atom. The van der Waals surface area contributed by atoms with E-state index in [-0.39, 0.29) is 7.43 Å². The van der Waals surface area contributed by atoms with E-state index in [0.29, 0.717) is 33.0 Å². The number of ether oxygens (including phenoxy) is 4. The summed E-state index contributed by atoms with van der Waals surface area (Å²) in [5.74, 6) is 0. The molecule has 0 heterocycles. The smallest absolute Gasteiger partial charge is 0.334 e. The Hall–Kier alpha value is -0.146. The Bertz CT molecular complexity index is 340. The predicted molar refractivity (Wildman–Crippen MR) is 143 cm³/mol. The van der Waals surface area contributed by atoms with Gasteiger partial charge in [0.2, 0.25) is 0 Å². The highest BCUT2D eigenvalue weighted by atomic mass is 28.4. The third-order valence-corrected chi connectivity index (χ3v) is 8.39. The maximum absolute atomic E-state index is 5.73. The minimum Gasteiger partial charge on any atom is -0.397 e. The lowest BCUT2D eigenvalue weighted by molar-refractivity contribution is 0.0695. The van der Waals surface area contributed by atoms with Gasteiger partial charge in [0, 0.05) is 47.3 Å². The van der Waals surface area contributed by atoms with E-state index >= 15 is 0 Å². The lowest BCUT2D eigenvalue weighted by Gasteiger charge is -2.25. The Morgan fingerprint density at radius 1 is 0.758 bits per heavy atom. The highest BCUT2D eigenvalue weighted by Crippen LogP contribution is 2.15. The lowest BCUT2D eigenvalue weighted by atomic mass is 10.5. The van der Waals surface area contributed by atoms with Crippen molar-refractivity contribution >= 4 is 17.8 Å². The summed E-state index contributed by atoms with van der Waals surface area (Å²) < 4.78 is 41.9. The first-order valence-corrected chi connectivity index (χ1v) is 16.3.